The molecule has 5 rings (SSSR count). The Morgan fingerprint density at radius 2 is 1.75 bits per heavy atom. The van der Waals surface area contributed by atoms with Gasteiger partial charge in [-0.1, -0.05) is 18.2 Å². The summed E-state index contributed by atoms with van der Waals surface area (Å²) in [7, 11) is 0. The minimum atomic E-state index is -0.991. The maximum Gasteiger partial charge on any atom is 0.316 e. The summed E-state index contributed by atoms with van der Waals surface area (Å²) in [6.45, 7) is 2.51. The number of carbonyl (C=O) groups excluding carboxylic acids is 5. The van der Waals surface area contributed by atoms with Crippen LogP contribution in [0, 0.1) is 5.41 Å². The predicted molar refractivity (Wildman–Crippen MR) is 113 cm³/mol. The van der Waals surface area contributed by atoms with Crippen LogP contribution < -0.4 is 5.32 Å². The number of benzene rings is 1. The van der Waals surface area contributed by atoms with Crippen molar-refractivity contribution < 1.29 is 24.0 Å². The van der Waals surface area contributed by atoms with Gasteiger partial charge in [-0.2, -0.15) is 0 Å². The highest BCUT2D eigenvalue weighted by Crippen LogP contribution is 2.44. The quantitative estimate of drug-likeness (QED) is 0.406. The first kappa shape index (κ1) is 21.1. The van der Waals surface area contributed by atoms with Crippen molar-refractivity contribution in [2.24, 2.45) is 5.41 Å². The van der Waals surface area contributed by atoms with Crippen molar-refractivity contribution in [2.45, 2.75) is 37.8 Å². The van der Waals surface area contributed by atoms with E-state index in [4.69, 9.17) is 11.6 Å². The molecule has 1 N–H and O–H groups in total. The van der Waals surface area contributed by atoms with Gasteiger partial charge in [-0.25, -0.2) is 0 Å². The van der Waals surface area contributed by atoms with E-state index in [0.717, 1.165) is 17.7 Å². The Morgan fingerprint density at radius 1 is 1.06 bits per heavy atom. The Hall–Kier alpha value is -2.78. The fourth-order valence-electron chi connectivity index (χ4n) is 5.46. The molecule has 10 heteroatoms. The van der Waals surface area contributed by atoms with E-state index >= 15 is 0 Å². The van der Waals surface area contributed by atoms with Gasteiger partial charge in [0.05, 0.1) is 0 Å². The van der Waals surface area contributed by atoms with Gasteiger partial charge in [0.1, 0.15) is 12.1 Å². The lowest BCUT2D eigenvalue weighted by Gasteiger charge is -2.54. The van der Waals surface area contributed by atoms with Crippen LogP contribution in [0.2, 0.25) is 0 Å². The Kier molecular flexibility index (Phi) is 5.05. The molecule has 0 aliphatic carbocycles. The third kappa shape index (κ3) is 3.31. The first-order valence-electron chi connectivity index (χ1n) is 10.8. The highest BCUT2D eigenvalue weighted by atomic mass is 35.5. The monoisotopic (exact) mass is 458 g/mol. The van der Waals surface area contributed by atoms with Gasteiger partial charge in [-0.15, -0.1) is 0 Å². The average Bonchev–Trinajstić information content (AvgIpc) is 2.74. The van der Waals surface area contributed by atoms with Gasteiger partial charge in [0.15, 0.2) is 0 Å². The van der Waals surface area contributed by atoms with Crippen LogP contribution >= 0.6 is 11.6 Å². The summed E-state index contributed by atoms with van der Waals surface area (Å²) < 4.78 is 0. The van der Waals surface area contributed by atoms with E-state index in [2.05, 4.69) is 10.2 Å². The molecule has 0 aromatic heterocycles. The number of amides is 5. The summed E-state index contributed by atoms with van der Waals surface area (Å²) in [4.78, 5) is 67.0. The lowest BCUT2D eigenvalue weighted by molar-refractivity contribution is -0.147. The molecule has 0 radical (unpaired) electrons. The maximum atomic E-state index is 13.6. The summed E-state index contributed by atoms with van der Waals surface area (Å²) >= 11 is 5.57. The minimum Gasteiger partial charge on any atom is -0.328 e. The molecule has 1 spiro atoms. The number of nitrogens with zero attached hydrogens (tertiary/aromatic N) is 3. The lowest BCUT2D eigenvalue weighted by Crippen LogP contribution is -2.63. The third-order valence-corrected chi connectivity index (χ3v) is 7.46. The first-order valence-corrected chi connectivity index (χ1v) is 11.2. The van der Waals surface area contributed by atoms with Crippen molar-refractivity contribution in [3.63, 3.8) is 0 Å². The largest absolute Gasteiger partial charge is 0.328 e. The Labute approximate surface area is 189 Å². The van der Waals surface area contributed by atoms with Gasteiger partial charge in [0, 0.05) is 30.5 Å². The Morgan fingerprint density at radius 3 is 2.41 bits per heavy atom. The fourth-order valence-corrected chi connectivity index (χ4v) is 5.58. The van der Waals surface area contributed by atoms with Crippen LogP contribution in [-0.4, -0.2) is 75.9 Å². The fraction of sp³-hybridized carbons (Fsp3) is 0.500. The summed E-state index contributed by atoms with van der Waals surface area (Å²) in [6, 6.07) is 5.35. The molecule has 2 unspecified atom stereocenters. The smallest absolute Gasteiger partial charge is 0.316 e. The number of nitrogens with one attached hydrogen (secondary N) is 1. The second-order valence-corrected chi connectivity index (χ2v) is 9.44. The van der Waals surface area contributed by atoms with E-state index in [1.807, 2.05) is 0 Å². The van der Waals surface area contributed by atoms with Crippen LogP contribution in [0.1, 0.15) is 47.6 Å². The van der Waals surface area contributed by atoms with Crippen LogP contribution in [-0.2, 0) is 14.4 Å². The van der Waals surface area contributed by atoms with Crippen LogP contribution in [0.5, 0.6) is 0 Å². The van der Waals surface area contributed by atoms with Crippen LogP contribution in [0.15, 0.2) is 24.3 Å². The number of fused-ring (bicyclic) bond motifs is 1. The number of imide groups is 2. The van der Waals surface area contributed by atoms with E-state index < -0.39 is 41.1 Å². The van der Waals surface area contributed by atoms with Gasteiger partial charge in [0.25, 0.3) is 11.8 Å². The number of halogens is 1. The van der Waals surface area contributed by atoms with E-state index in [9.17, 15) is 24.0 Å². The second-order valence-electron chi connectivity index (χ2n) is 9.12. The lowest BCUT2D eigenvalue weighted by atomic mass is 9.71. The number of carbonyl (C=O) groups is 5. The topological polar surface area (TPSA) is 107 Å². The number of hydrogen-bond acceptors (Lipinski definition) is 6. The third-order valence-electron chi connectivity index (χ3n) is 7.22. The van der Waals surface area contributed by atoms with Crippen LogP contribution in [0.3, 0.4) is 0 Å². The molecule has 0 saturated carbocycles. The van der Waals surface area contributed by atoms with E-state index in [-0.39, 0.29) is 18.3 Å². The molecular formula is C22H23ClN4O5. The number of likely N-dealkylation sites (tertiary alicyclic amines) is 2. The van der Waals surface area contributed by atoms with E-state index in [1.165, 1.54) is 0 Å². The average molecular weight is 459 g/mol. The SMILES string of the molecule is O=C1CCC(N2C(=O)c3ccccc3C(N3CCC4(CC3)CN(C(=O)Cl)C4)C2=O)C(=O)N1. The van der Waals surface area contributed by atoms with Crippen molar-refractivity contribution >= 4 is 40.6 Å². The molecule has 1 aromatic carbocycles. The van der Waals surface area contributed by atoms with Crippen molar-refractivity contribution in [1.29, 1.82) is 0 Å². The molecule has 4 aliphatic heterocycles. The van der Waals surface area contributed by atoms with Gasteiger partial charge in [-0.05, 0) is 55.6 Å². The zero-order valence-electron chi connectivity index (χ0n) is 17.4. The zero-order chi connectivity index (χ0) is 22.6. The Bertz CT molecular complexity index is 1030. The number of piperidine rings is 2. The van der Waals surface area contributed by atoms with Gasteiger partial charge in [0.2, 0.25) is 11.8 Å². The van der Waals surface area contributed by atoms with Crippen LogP contribution in [0.4, 0.5) is 4.79 Å². The van der Waals surface area contributed by atoms with Crippen molar-refractivity contribution in [3.05, 3.63) is 35.4 Å². The summed E-state index contributed by atoms with van der Waals surface area (Å²) in [5.74, 6) is -1.93. The maximum absolute atomic E-state index is 13.6. The van der Waals surface area contributed by atoms with Gasteiger partial charge >= 0.3 is 5.37 Å². The number of hydrogen-bond donors (Lipinski definition) is 1. The van der Waals surface area contributed by atoms with Gasteiger partial charge in [-0.3, -0.25) is 39.1 Å². The molecule has 3 fully saturated rings. The van der Waals surface area contributed by atoms with Crippen molar-refractivity contribution in [2.75, 3.05) is 26.2 Å². The summed E-state index contributed by atoms with van der Waals surface area (Å²) in [5, 5.41) is 1.81. The molecular weight excluding hydrogens is 436 g/mol. The second kappa shape index (κ2) is 7.67. The molecule has 168 valence electrons. The molecule has 2 atom stereocenters. The van der Waals surface area contributed by atoms with Gasteiger partial charge < -0.3 is 4.90 Å². The van der Waals surface area contributed by atoms with Crippen molar-refractivity contribution in [3.8, 4) is 0 Å². The zero-order valence-corrected chi connectivity index (χ0v) is 18.1. The Balaban J connectivity index is 1.41. The highest BCUT2D eigenvalue weighted by Gasteiger charge is 2.51. The first-order chi connectivity index (χ1) is 15.3. The van der Waals surface area contributed by atoms with E-state index in [0.29, 0.717) is 37.3 Å². The molecule has 32 heavy (non-hydrogen) atoms. The molecule has 9 nitrogen and oxygen atoms in total. The molecule has 1 aromatic rings. The highest BCUT2D eigenvalue weighted by molar-refractivity contribution is 6.62. The normalized spacial score (nSPS) is 27.8. The van der Waals surface area contributed by atoms with Crippen LogP contribution in [0.25, 0.3) is 0 Å². The molecule has 3 saturated heterocycles. The molecule has 4 aliphatic rings. The molecule has 0 bridgehead atoms. The predicted octanol–water partition coefficient (Wildman–Crippen LogP) is 1.27. The number of rotatable bonds is 2. The standard InChI is InChI=1S/C22H23ClN4O5/c23-21(32)26-11-22(12-26)7-9-25(10-8-22)17-13-3-1-2-4-14(13)19(30)27(20(17)31)15-5-6-16(28)24-18(15)29/h1-4,15,17H,5-12H2,(H,24,28,29). The molecule has 4 heterocycles. The minimum absolute atomic E-state index is 0.0252. The summed E-state index contributed by atoms with van der Waals surface area (Å²) in [5.41, 5.74) is 1.08. The van der Waals surface area contributed by atoms with E-state index in [1.54, 1.807) is 29.2 Å². The van der Waals surface area contributed by atoms with Crippen molar-refractivity contribution in [1.82, 2.24) is 20.0 Å². The molecule has 5 amide bonds. The summed E-state index contributed by atoms with van der Waals surface area (Å²) in [6.07, 6.45) is 1.84.